The molecule has 120 valence electrons. The first-order valence-corrected chi connectivity index (χ1v) is 8.24. The lowest BCUT2D eigenvalue weighted by Crippen LogP contribution is -1.98. The Morgan fingerprint density at radius 2 is 1.62 bits per heavy atom. The lowest BCUT2D eigenvalue weighted by atomic mass is 10.0. The van der Waals surface area contributed by atoms with Crippen LogP contribution >= 0.6 is 0 Å². The van der Waals surface area contributed by atoms with E-state index in [-0.39, 0.29) is 5.75 Å². The van der Waals surface area contributed by atoms with Gasteiger partial charge in [-0.05, 0) is 24.1 Å². The summed E-state index contributed by atoms with van der Waals surface area (Å²) in [6.07, 6.45) is 10.3. The van der Waals surface area contributed by atoms with E-state index in [9.17, 15) is 10.2 Å². The average molecular weight is 294 g/mol. The van der Waals surface area contributed by atoms with Gasteiger partial charge in [0.15, 0.2) is 11.5 Å². The van der Waals surface area contributed by atoms with Gasteiger partial charge in [0.2, 0.25) is 0 Å². The van der Waals surface area contributed by atoms with Crippen LogP contribution in [0.25, 0.3) is 0 Å². The van der Waals surface area contributed by atoms with Crippen molar-refractivity contribution < 1.29 is 14.9 Å². The van der Waals surface area contributed by atoms with Crippen LogP contribution in [-0.2, 0) is 0 Å². The Morgan fingerprint density at radius 3 is 2.19 bits per heavy atom. The highest BCUT2D eigenvalue weighted by atomic mass is 16.5. The number of ether oxygens (including phenoxy) is 1. The Labute approximate surface area is 129 Å². The SMILES string of the molecule is CCCCCCCCCCC(O)c1ccc(OC)c(O)c1. The van der Waals surface area contributed by atoms with Crippen LogP contribution in [0.3, 0.4) is 0 Å². The Balaban J connectivity index is 2.19. The van der Waals surface area contributed by atoms with Gasteiger partial charge in [-0.1, -0.05) is 64.4 Å². The summed E-state index contributed by atoms with van der Waals surface area (Å²) in [5.41, 5.74) is 0.760. The maximum Gasteiger partial charge on any atom is 0.160 e. The van der Waals surface area contributed by atoms with Crippen LogP contribution in [0.5, 0.6) is 11.5 Å². The maximum atomic E-state index is 10.1. The van der Waals surface area contributed by atoms with E-state index in [0.717, 1.165) is 18.4 Å². The fourth-order valence-corrected chi connectivity index (χ4v) is 2.55. The van der Waals surface area contributed by atoms with Crippen LogP contribution in [0.2, 0.25) is 0 Å². The highest BCUT2D eigenvalue weighted by molar-refractivity contribution is 5.42. The molecule has 3 heteroatoms. The zero-order valence-electron chi connectivity index (χ0n) is 13.5. The van der Waals surface area contributed by atoms with Gasteiger partial charge < -0.3 is 14.9 Å². The van der Waals surface area contributed by atoms with Crippen molar-refractivity contribution in [2.24, 2.45) is 0 Å². The summed E-state index contributed by atoms with van der Waals surface area (Å²) in [5.74, 6) is 0.531. The number of aliphatic hydroxyl groups is 1. The number of aromatic hydroxyl groups is 1. The van der Waals surface area contributed by atoms with Crippen LogP contribution in [0.4, 0.5) is 0 Å². The third kappa shape index (κ3) is 6.85. The van der Waals surface area contributed by atoms with E-state index in [2.05, 4.69) is 6.92 Å². The first-order valence-electron chi connectivity index (χ1n) is 8.24. The Bertz CT molecular complexity index is 390. The van der Waals surface area contributed by atoms with Crippen molar-refractivity contribution >= 4 is 0 Å². The van der Waals surface area contributed by atoms with E-state index in [4.69, 9.17) is 4.74 Å². The lowest BCUT2D eigenvalue weighted by molar-refractivity contribution is 0.163. The van der Waals surface area contributed by atoms with Gasteiger partial charge in [0.25, 0.3) is 0 Å². The van der Waals surface area contributed by atoms with E-state index in [1.807, 2.05) is 6.07 Å². The predicted molar refractivity (Wildman–Crippen MR) is 86.8 cm³/mol. The molecule has 0 aliphatic carbocycles. The van der Waals surface area contributed by atoms with Gasteiger partial charge in [0.05, 0.1) is 13.2 Å². The number of phenols is 1. The zero-order valence-corrected chi connectivity index (χ0v) is 13.5. The number of methoxy groups -OCH3 is 1. The minimum Gasteiger partial charge on any atom is -0.504 e. The lowest BCUT2D eigenvalue weighted by Gasteiger charge is -2.12. The first-order chi connectivity index (χ1) is 10.2. The maximum absolute atomic E-state index is 10.1. The number of hydrogen-bond acceptors (Lipinski definition) is 3. The van der Waals surface area contributed by atoms with Crippen molar-refractivity contribution in [3.63, 3.8) is 0 Å². The highest BCUT2D eigenvalue weighted by Crippen LogP contribution is 2.30. The molecule has 0 amide bonds. The van der Waals surface area contributed by atoms with E-state index in [1.54, 1.807) is 12.1 Å². The summed E-state index contributed by atoms with van der Waals surface area (Å²) < 4.78 is 5.00. The Morgan fingerprint density at radius 1 is 1.00 bits per heavy atom. The molecule has 0 fully saturated rings. The topological polar surface area (TPSA) is 49.7 Å². The number of aliphatic hydroxyl groups excluding tert-OH is 1. The molecular weight excluding hydrogens is 264 g/mol. The zero-order chi connectivity index (χ0) is 15.5. The molecule has 0 saturated heterocycles. The molecule has 0 bridgehead atoms. The van der Waals surface area contributed by atoms with Crippen molar-refractivity contribution in [2.75, 3.05) is 7.11 Å². The molecule has 1 rings (SSSR count). The molecule has 0 spiro atoms. The minimum atomic E-state index is -0.498. The van der Waals surface area contributed by atoms with Gasteiger partial charge >= 0.3 is 0 Å². The van der Waals surface area contributed by atoms with Gasteiger partial charge in [-0.3, -0.25) is 0 Å². The molecule has 0 aliphatic rings. The second kappa shape index (κ2) is 10.5. The van der Waals surface area contributed by atoms with E-state index >= 15 is 0 Å². The summed E-state index contributed by atoms with van der Waals surface area (Å²) in [5, 5.41) is 19.8. The Kier molecular flexibility index (Phi) is 8.91. The summed E-state index contributed by atoms with van der Waals surface area (Å²) in [4.78, 5) is 0. The van der Waals surface area contributed by atoms with Crippen LogP contribution in [0.15, 0.2) is 18.2 Å². The number of hydrogen-bond donors (Lipinski definition) is 2. The number of rotatable bonds is 11. The van der Waals surface area contributed by atoms with Crippen LogP contribution in [0.1, 0.15) is 76.4 Å². The smallest absolute Gasteiger partial charge is 0.160 e. The van der Waals surface area contributed by atoms with Crippen molar-refractivity contribution in [3.8, 4) is 11.5 Å². The number of benzene rings is 1. The summed E-state index contributed by atoms with van der Waals surface area (Å²) >= 11 is 0. The third-order valence-corrected chi connectivity index (χ3v) is 3.92. The molecule has 1 unspecified atom stereocenters. The quantitative estimate of drug-likeness (QED) is 0.567. The molecule has 21 heavy (non-hydrogen) atoms. The fourth-order valence-electron chi connectivity index (χ4n) is 2.55. The first kappa shape index (κ1) is 17.8. The number of unbranched alkanes of at least 4 members (excludes halogenated alkanes) is 7. The molecule has 0 aliphatic heterocycles. The van der Waals surface area contributed by atoms with Gasteiger partial charge in [-0.2, -0.15) is 0 Å². The summed E-state index contributed by atoms with van der Waals surface area (Å²) in [6, 6.07) is 5.10. The van der Waals surface area contributed by atoms with Gasteiger partial charge in [-0.15, -0.1) is 0 Å². The van der Waals surface area contributed by atoms with Gasteiger partial charge in [0.1, 0.15) is 0 Å². The van der Waals surface area contributed by atoms with E-state index in [1.165, 1.54) is 52.1 Å². The predicted octanol–water partition coefficient (Wildman–Crippen LogP) is 4.97. The van der Waals surface area contributed by atoms with Crippen LogP contribution in [-0.4, -0.2) is 17.3 Å². The Hall–Kier alpha value is -1.22. The van der Waals surface area contributed by atoms with Crippen molar-refractivity contribution in [2.45, 2.75) is 70.8 Å². The average Bonchev–Trinajstić information content (AvgIpc) is 2.49. The van der Waals surface area contributed by atoms with E-state index < -0.39 is 6.10 Å². The second-order valence-corrected chi connectivity index (χ2v) is 5.71. The van der Waals surface area contributed by atoms with E-state index in [0.29, 0.717) is 5.75 Å². The molecule has 0 heterocycles. The van der Waals surface area contributed by atoms with Gasteiger partial charge in [0, 0.05) is 0 Å². The molecule has 1 aromatic carbocycles. The molecule has 0 radical (unpaired) electrons. The van der Waals surface area contributed by atoms with Crippen molar-refractivity contribution in [1.82, 2.24) is 0 Å². The third-order valence-electron chi connectivity index (χ3n) is 3.92. The van der Waals surface area contributed by atoms with Gasteiger partial charge in [-0.25, -0.2) is 0 Å². The normalized spacial score (nSPS) is 12.3. The molecular formula is C18H30O3. The second-order valence-electron chi connectivity index (χ2n) is 5.71. The minimum absolute atomic E-state index is 0.0879. The molecule has 3 nitrogen and oxygen atoms in total. The molecule has 2 N–H and O–H groups in total. The van der Waals surface area contributed by atoms with Crippen LogP contribution in [0, 0.1) is 0 Å². The molecule has 0 saturated carbocycles. The fraction of sp³-hybridized carbons (Fsp3) is 0.667. The highest BCUT2D eigenvalue weighted by Gasteiger charge is 2.10. The number of phenolic OH excluding ortho intramolecular Hbond substituents is 1. The summed E-state index contributed by atoms with van der Waals surface area (Å²) in [6.45, 7) is 2.23. The monoisotopic (exact) mass is 294 g/mol. The molecule has 1 atom stereocenters. The standard InChI is InChI=1S/C18H30O3/c1-3-4-5-6-7-8-9-10-11-16(19)15-12-13-18(21-2)17(20)14-15/h12-14,16,19-20H,3-11H2,1-2H3. The summed E-state index contributed by atoms with van der Waals surface area (Å²) in [7, 11) is 1.52. The molecule has 0 aromatic heterocycles. The van der Waals surface area contributed by atoms with Crippen LogP contribution < -0.4 is 4.74 Å². The molecule has 1 aromatic rings. The van der Waals surface area contributed by atoms with Crippen molar-refractivity contribution in [3.05, 3.63) is 23.8 Å². The largest absolute Gasteiger partial charge is 0.504 e. The van der Waals surface area contributed by atoms with Crippen molar-refractivity contribution in [1.29, 1.82) is 0 Å².